The van der Waals surface area contributed by atoms with Crippen molar-refractivity contribution in [3.63, 3.8) is 0 Å². The second kappa shape index (κ2) is 7.47. The van der Waals surface area contributed by atoms with Gasteiger partial charge in [-0.15, -0.1) is 0 Å². The van der Waals surface area contributed by atoms with E-state index in [0.717, 1.165) is 13.0 Å². The molecule has 1 aliphatic rings. The van der Waals surface area contributed by atoms with Crippen molar-refractivity contribution < 1.29 is 4.39 Å². The minimum Gasteiger partial charge on any atom is -0.303 e. The Morgan fingerprint density at radius 1 is 1.17 bits per heavy atom. The van der Waals surface area contributed by atoms with Crippen molar-refractivity contribution in [3.8, 4) is 0 Å². The Balaban J connectivity index is 2.67. The van der Waals surface area contributed by atoms with Gasteiger partial charge in [0.15, 0.2) is 0 Å². The molecule has 0 aromatic heterocycles. The Bertz CT molecular complexity index is 221. The molecule has 0 amide bonds. The van der Waals surface area contributed by atoms with Crippen LogP contribution in [0.2, 0.25) is 0 Å². The standard InChI is InChI=1S/C16H32FN/c1-5-7-10-16(3,11-8-6-2)14-9-12-18(4)13-15(14)17/h14-15H,5-13H2,1-4H3. The number of alkyl halides is 1. The highest BCUT2D eigenvalue weighted by molar-refractivity contribution is 4.91. The van der Waals surface area contributed by atoms with E-state index < -0.39 is 6.17 Å². The van der Waals surface area contributed by atoms with E-state index in [9.17, 15) is 4.39 Å². The molecule has 0 N–H and O–H groups in total. The molecule has 0 radical (unpaired) electrons. The van der Waals surface area contributed by atoms with Crippen LogP contribution in [0.4, 0.5) is 4.39 Å². The maximum atomic E-state index is 14.4. The number of hydrogen-bond donors (Lipinski definition) is 0. The van der Waals surface area contributed by atoms with Gasteiger partial charge in [-0.25, -0.2) is 4.39 Å². The van der Waals surface area contributed by atoms with E-state index >= 15 is 0 Å². The summed E-state index contributed by atoms with van der Waals surface area (Å²) in [5.74, 6) is 0.284. The van der Waals surface area contributed by atoms with E-state index in [1.54, 1.807) is 0 Å². The third-order valence-electron chi connectivity index (χ3n) is 4.84. The van der Waals surface area contributed by atoms with Crippen molar-refractivity contribution in [1.29, 1.82) is 0 Å². The fourth-order valence-corrected chi connectivity index (χ4v) is 3.50. The Labute approximate surface area is 113 Å². The summed E-state index contributed by atoms with van der Waals surface area (Å²) in [6.45, 7) is 8.53. The van der Waals surface area contributed by atoms with Crippen molar-refractivity contribution in [2.24, 2.45) is 11.3 Å². The fraction of sp³-hybridized carbons (Fsp3) is 1.00. The second-order valence-electron chi connectivity index (χ2n) is 6.53. The lowest BCUT2D eigenvalue weighted by Gasteiger charge is -2.44. The third kappa shape index (κ3) is 4.22. The molecule has 1 fully saturated rings. The first-order valence-electron chi connectivity index (χ1n) is 7.86. The lowest BCUT2D eigenvalue weighted by Crippen LogP contribution is -2.46. The second-order valence-corrected chi connectivity index (χ2v) is 6.53. The van der Waals surface area contributed by atoms with Gasteiger partial charge >= 0.3 is 0 Å². The number of nitrogens with zero attached hydrogens (tertiary/aromatic N) is 1. The molecule has 1 nitrogen and oxygen atoms in total. The van der Waals surface area contributed by atoms with Crippen LogP contribution in [0, 0.1) is 11.3 Å². The molecule has 0 spiro atoms. The number of halogens is 1. The molecular formula is C16H32FN. The van der Waals surface area contributed by atoms with Gasteiger partial charge in [-0.1, -0.05) is 46.5 Å². The predicted octanol–water partition coefficient (Wildman–Crippen LogP) is 4.66. The van der Waals surface area contributed by atoms with Crippen molar-refractivity contribution >= 4 is 0 Å². The predicted molar refractivity (Wildman–Crippen MR) is 77.7 cm³/mol. The smallest absolute Gasteiger partial charge is 0.116 e. The zero-order chi connectivity index (χ0) is 13.6. The molecule has 1 aliphatic heterocycles. The van der Waals surface area contributed by atoms with Gasteiger partial charge in [-0.2, -0.15) is 0 Å². The topological polar surface area (TPSA) is 3.24 Å². The van der Waals surface area contributed by atoms with Crippen LogP contribution in [0.1, 0.15) is 65.7 Å². The molecule has 1 saturated heterocycles. The minimum atomic E-state index is -0.623. The van der Waals surface area contributed by atoms with Gasteiger partial charge in [0.1, 0.15) is 6.17 Å². The molecule has 18 heavy (non-hydrogen) atoms. The van der Waals surface area contributed by atoms with Crippen molar-refractivity contribution in [2.75, 3.05) is 20.1 Å². The maximum absolute atomic E-state index is 14.4. The van der Waals surface area contributed by atoms with E-state index in [0.29, 0.717) is 6.54 Å². The average Bonchev–Trinajstić information content (AvgIpc) is 2.34. The molecule has 2 atom stereocenters. The Morgan fingerprint density at radius 3 is 2.17 bits per heavy atom. The minimum absolute atomic E-state index is 0.229. The summed E-state index contributed by atoms with van der Waals surface area (Å²) in [6.07, 6.45) is 7.79. The molecule has 0 aromatic carbocycles. The summed E-state index contributed by atoms with van der Waals surface area (Å²) in [4.78, 5) is 2.14. The number of piperidine rings is 1. The number of rotatable bonds is 7. The molecular weight excluding hydrogens is 225 g/mol. The number of hydrogen-bond acceptors (Lipinski definition) is 1. The SMILES string of the molecule is CCCCC(C)(CCCC)C1CCN(C)CC1F. The average molecular weight is 257 g/mol. The first kappa shape index (κ1) is 15.9. The molecule has 1 rings (SSSR count). The van der Waals surface area contributed by atoms with Crippen LogP contribution in [0.5, 0.6) is 0 Å². The molecule has 0 aromatic rings. The van der Waals surface area contributed by atoms with Crippen LogP contribution in [0.3, 0.4) is 0 Å². The van der Waals surface area contributed by atoms with Gasteiger partial charge in [0.05, 0.1) is 0 Å². The van der Waals surface area contributed by atoms with Crippen molar-refractivity contribution in [2.45, 2.75) is 71.9 Å². The van der Waals surface area contributed by atoms with E-state index in [2.05, 4.69) is 25.7 Å². The summed E-state index contributed by atoms with van der Waals surface area (Å²) in [6, 6.07) is 0. The molecule has 2 heteroatoms. The quantitative estimate of drug-likeness (QED) is 0.641. The normalized spacial score (nSPS) is 26.5. The Kier molecular flexibility index (Phi) is 6.62. The van der Waals surface area contributed by atoms with Crippen molar-refractivity contribution in [1.82, 2.24) is 4.90 Å². The highest BCUT2D eigenvalue weighted by atomic mass is 19.1. The van der Waals surface area contributed by atoms with E-state index in [1.165, 1.54) is 38.5 Å². The van der Waals surface area contributed by atoms with E-state index in [-0.39, 0.29) is 11.3 Å². The largest absolute Gasteiger partial charge is 0.303 e. The van der Waals surface area contributed by atoms with Crippen LogP contribution >= 0.6 is 0 Å². The lowest BCUT2D eigenvalue weighted by molar-refractivity contribution is 0.00661. The van der Waals surface area contributed by atoms with Crippen LogP contribution in [0.25, 0.3) is 0 Å². The van der Waals surface area contributed by atoms with Crippen LogP contribution in [0.15, 0.2) is 0 Å². The summed E-state index contributed by atoms with van der Waals surface area (Å²) < 4.78 is 14.4. The summed E-state index contributed by atoms with van der Waals surface area (Å²) in [5, 5.41) is 0. The van der Waals surface area contributed by atoms with Crippen molar-refractivity contribution in [3.05, 3.63) is 0 Å². The zero-order valence-corrected chi connectivity index (χ0v) is 12.8. The van der Waals surface area contributed by atoms with E-state index in [4.69, 9.17) is 0 Å². The number of unbranched alkanes of at least 4 members (excludes halogenated alkanes) is 2. The zero-order valence-electron chi connectivity index (χ0n) is 12.8. The highest BCUT2D eigenvalue weighted by Gasteiger charge is 2.40. The lowest BCUT2D eigenvalue weighted by atomic mass is 9.66. The monoisotopic (exact) mass is 257 g/mol. The summed E-state index contributed by atoms with van der Waals surface area (Å²) >= 11 is 0. The van der Waals surface area contributed by atoms with Gasteiger partial charge < -0.3 is 4.90 Å². The molecule has 0 saturated carbocycles. The molecule has 2 unspecified atom stereocenters. The Morgan fingerprint density at radius 2 is 1.72 bits per heavy atom. The van der Waals surface area contributed by atoms with Gasteiger partial charge in [-0.05, 0) is 44.2 Å². The van der Waals surface area contributed by atoms with Gasteiger partial charge in [0.25, 0.3) is 0 Å². The van der Waals surface area contributed by atoms with Gasteiger partial charge in [0, 0.05) is 6.54 Å². The number of likely N-dealkylation sites (tertiary alicyclic amines) is 1. The summed E-state index contributed by atoms with van der Waals surface area (Å²) in [7, 11) is 2.04. The van der Waals surface area contributed by atoms with Gasteiger partial charge in [-0.3, -0.25) is 0 Å². The Hall–Kier alpha value is -0.110. The molecule has 0 aliphatic carbocycles. The first-order chi connectivity index (χ1) is 8.53. The van der Waals surface area contributed by atoms with E-state index in [1.807, 2.05) is 7.05 Å². The highest BCUT2D eigenvalue weighted by Crippen LogP contribution is 2.44. The van der Waals surface area contributed by atoms with Crippen LogP contribution in [-0.2, 0) is 0 Å². The molecule has 108 valence electrons. The molecule has 0 bridgehead atoms. The third-order valence-corrected chi connectivity index (χ3v) is 4.84. The maximum Gasteiger partial charge on any atom is 0.116 e. The fourth-order valence-electron chi connectivity index (χ4n) is 3.50. The van der Waals surface area contributed by atoms with Crippen LogP contribution in [-0.4, -0.2) is 31.2 Å². The van der Waals surface area contributed by atoms with Crippen LogP contribution < -0.4 is 0 Å². The molecule has 1 heterocycles. The first-order valence-corrected chi connectivity index (χ1v) is 7.86. The van der Waals surface area contributed by atoms with Gasteiger partial charge in [0.2, 0.25) is 0 Å². The summed E-state index contributed by atoms with van der Waals surface area (Å²) in [5.41, 5.74) is 0.229.